The van der Waals surface area contributed by atoms with Crippen molar-refractivity contribution < 1.29 is 0 Å². The van der Waals surface area contributed by atoms with Gasteiger partial charge in [0.2, 0.25) is 0 Å². The lowest BCUT2D eigenvalue weighted by atomic mass is 10.0. The second-order valence-electron chi connectivity index (χ2n) is 4.17. The van der Waals surface area contributed by atoms with Gasteiger partial charge in [0.15, 0.2) is 0 Å². The third-order valence-corrected chi connectivity index (χ3v) is 2.54. The number of piperidine rings is 1. The second kappa shape index (κ2) is 4.61. The Labute approximate surface area is 81.0 Å². The number of rotatable bonds is 2. The molecule has 1 rings (SSSR count). The maximum atomic E-state index is 7.50. The molecule has 0 unspecified atom stereocenters. The molecule has 0 amide bonds. The van der Waals surface area contributed by atoms with Gasteiger partial charge >= 0.3 is 0 Å². The molecule has 1 aliphatic heterocycles. The summed E-state index contributed by atoms with van der Waals surface area (Å²) >= 11 is 0. The smallest absolute Gasteiger partial charge is 0.0925 e. The van der Waals surface area contributed by atoms with Gasteiger partial charge in [0.1, 0.15) is 0 Å². The molecule has 0 bridgehead atoms. The number of hydrogen-bond donors (Lipinski definition) is 2. The Morgan fingerprint density at radius 2 is 1.92 bits per heavy atom. The largest absolute Gasteiger partial charge is 0.361 e. The average Bonchev–Trinajstić information content (AvgIpc) is 2.04. The molecule has 76 valence electrons. The highest BCUT2D eigenvalue weighted by atomic mass is 15.2. The molecule has 0 aliphatic carbocycles. The second-order valence-corrected chi connectivity index (χ2v) is 4.17. The summed E-state index contributed by atoms with van der Waals surface area (Å²) in [4.78, 5) is 2.15. The minimum atomic E-state index is 0.581. The fraction of sp³-hybridized carbons (Fsp3) is 0.900. The van der Waals surface area contributed by atoms with Crippen LogP contribution in [0.5, 0.6) is 0 Å². The standard InChI is InChI=1S/C10H21N3/c1-8(2)12-10-4-6-13(7-5-10)9(3)11/h8,10-12H,4-7H2,1-3H3. The van der Waals surface area contributed by atoms with Crippen LogP contribution in [0.25, 0.3) is 0 Å². The predicted molar refractivity (Wildman–Crippen MR) is 56.3 cm³/mol. The number of likely N-dealkylation sites (tertiary alicyclic amines) is 1. The van der Waals surface area contributed by atoms with Gasteiger partial charge in [-0.2, -0.15) is 0 Å². The zero-order chi connectivity index (χ0) is 9.84. The summed E-state index contributed by atoms with van der Waals surface area (Å²) in [6.45, 7) is 8.33. The van der Waals surface area contributed by atoms with Gasteiger partial charge in [-0.1, -0.05) is 13.8 Å². The molecular weight excluding hydrogens is 162 g/mol. The zero-order valence-corrected chi connectivity index (χ0v) is 8.93. The van der Waals surface area contributed by atoms with Gasteiger partial charge in [-0.15, -0.1) is 0 Å². The molecule has 0 aromatic carbocycles. The Kier molecular flexibility index (Phi) is 3.72. The minimum absolute atomic E-state index is 0.581. The van der Waals surface area contributed by atoms with Crippen LogP contribution in [0.3, 0.4) is 0 Å². The first kappa shape index (κ1) is 10.5. The molecule has 3 heteroatoms. The van der Waals surface area contributed by atoms with E-state index in [4.69, 9.17) is 5.41 Å². The van der Waals surface area contributed by atoms with Crippen molar-refractivity contribution in [2.75, 3.05) is 13.1 Å². The molecule has 1 heterocycles. The van der Waals surface area contributed by atoms with Crippen LogP contribution in [0.1, 0.15) is 33.6 Å². The predicted octanol–water partition coefficient (Wildman–Crippen LogP) is 1.45. The summed E-state index contributed by atoms with van der Waals surface area (Å²) in [6, 6.07) is 1.24. The van der Waals surface area contributed by atoms with Gasteiger partial charge < -0.3 is 10.2 Å². The molecule has 0 saturated carbocycles. The zero-order valence-electron chi connectivity index (χ0n) is 8.93. The summed E-state index contributed by atoms with van der Waals surface area (Å²) in [5, 5.41) is 11.0. The van der Waals surface area contributed by atoms with Crippen molar-refractivity contribution in [2.45, 2.75) is 45.7 Å². The maximum absolute atomic E-state index is 7.50. The maximum Gasteiger partial charge on any atom is 0.0925 e. The monoisotopic (exact) mass is 183 g/mol. The van der Waals surface area contributed by atoms with Gasteiger partial charge in [-0.25, -0.2) is 0 Å². The highest BCUT2D eigenvalue weighted by Crippen LogP contribution is 2.10. The van der Waals surface area contributed by atoms with E-state index in [1.165, 1.54) is 12.8 Å². The van der Waals surface area contributed by atoms with E-state index in [1.807, 2.05) is 6.92 Å². The Bertz CT molecular complexity index is 169. The number of hydrogen-bond acceptors (Lipinski definition) is 2. The molecule has 13 heavy (non-hydrogen) atoms. The van der Waals surface area contributed by atoms with Crippen LogP contribution in [0.2, 0.25) is 0 Å². The molecular formula is C10H21N3. The van der Waals surface area contributed by atoms with E-state index in [2.05, 4.69) is 24.1 Å². The first-order valence-electron chi connectivity index (χ1n) is 5.15. The number of nitrogens with one attached hydrogen (secondary N) is 2. The van der Waals surface area contributed by atoms with Crippen molar-refractivity contribution in [3.8, 4) is 0 Å². The lowest BCUT2D eigenvalue weighted by molar-refractivity contribution is 0.271. The van der Waals surface area contributed by atoms with Crippen molar-refractivity contribution in [3.63, 3.8) is 0 Å². The molecule has 0 atom stereocenters. The van der Waals surface area contributed by atoms with Crippen LogP contribution < -0.4 is 5.32 Å². The van der Waals surface area contributed by atoms with Gasteiger partial charge in [-0.3, -0.25) is 5.41 Å². The Hall–Kier alpha value is -0.570. The van der Waals surface area contributed by atoms with Crippen LogP contribution in [0.4, 0.5) is 0 Å². The van der Waals surface area contributed by atoms with Crippen molar-refractivity contribution >= 4 is 5.84 Å². The SMILES string of the molecule is CC(=N)N1CCC(NC(C)C)CC1. The average molecular weight is 183 g/mol. The quantitative estimate of drug-likeness (QED) is 0.502. The molecule has 0 radical (unpaired) electrons. The third kappa shape index (κ3) is 3.35. The Morgan fingerprint density at radius 1 is 1.38 bits per heavy atom. The summed E-state index contributed by atoms with van der Waals surface area (Å²) < 4.78 is 0. The molecule has 3 nitrogen and oxygen atoms in total. The normalized spacial score (nSPS) is 19.5. The van der Waals surface area contributed by atoms with E-state index < -0.39 is 0 Å². The van der Waals surface area contributed by atoms with E-state index in [0.717, 1.165) is 13.1 Å². The highest BCUT2D eigenvalue weighted by molar-refractivity contribution is 5.76. The van der Waals surface area contributed by atoms with E-state index in [9.17, 15) is 0 Å². The van der Waals surface area contributed by atoms with Crippen LogP contribution in [-0.2, 0) is 0 Å². The minimum Gasteiger partial charge on any atom is -0.361 e. The number of amidine groups is 1. The lowest BCUT2D eigenvalue weighted by Crippen LogP contribution is -2.45. The summed E-state index contributed by atoms with van der Waals surface area (Å²) in [6.07, 6.45) is 2.35. The van der Waals surface area contributed by atoms with Gasteiger partial charge in [0, 0.05) is 25.2 Å². The van der Waals surface area contributed by atoms with Gasteiger partial charge in [-0.05, 0) is 19.8 Å². The van der Waals surface area contributed by atoms with Crippen LogP contribution in [0, 0.1) is 5.41 Å². The molecule has 2 N–H and O–H groups in total. The van der Waals surface area contributed by atoms with Crippen LogP contribution in [0.15, 0.2) is 0 Å². The van der Waals surface area contributed by atoms with E-state index >= 15 is 0 Å². The molecule has 1 aliphatic rings. The molecule has 0 aromatic heterocycles. The van der Waals surface area contributed by atoms with E-state index in [-0.39, 0.29) is 0 Å². The fourth-order valence-electron chi connectivity index (χ4n) is 1.85. The molecule has 0 spiro atoms. The summed E-state index contributed by atoms with van der Waals surface area (Å²) in [5.41, 5.74) is 0. The van der Waals surface area contributed by atoms with Crippen molar-refractivity contribution in [3.05, 3.63) is 0 Å². The van der Waals surface area contributed by atoms with Crippen LogP contribution >= 0.6 is 0 Å². The lowest BCUT2D eigenvalue weighted by Gasteiger charge is -2.34. The Morgan fingerprint density at radius 3 is 2.31 bits per heavy atom. The van der Waals surface area contributed by atoms with E-state index in [1.54, 1.807) is 0 Å². The first-order chi connectivity index (χ1) is 6.09. The van der Waals surface area contributed by atoms with Crippen molar-refractivity contribution in [2.24, 2.45) is 0 Å². The topological polar surface area (TPSA) is 39.1 Å². The van der Waals surface area contributed by atoms with Crippen molar-refractivity contribution in [1.29, 1.82) is 5.41 Å². The van der Waals surface area contributed by atoms with E-state index in [0.29, 0.717) is 17.9 Å². The molecule has 0 aromatic rings. The van der Waals surface area contributed by atoms with Gasteiger partial charge in [0.25, 0.3) is 0 Å². The fourth-order valence-corrected chi connectivity index (χ4v) is 1.85. The summed E-state index contributed by atoms with van der Waals surface area (Å²) in [7, 11) is 0. The van der Waals surface area contributed by atoms with Crippen molar-refractivity contribution in [1.82, 2.24) is 10.2 Å². The third-order valence-electron chi connectivity index (χ3n) is 2.54. The molecule has 1 fully saturated rings. The first-order valence-corrected chi connectivity index (χ1v) is 5.15. The summed E-state index contributed by atoms with van der Waals surface area (Å²) in [5.74, 6) is 0.711. The van der Waals surface area contributed by atoms with Crippen LogP contribution in [-0.4, -0.2) is 35.9 Å². The molecule has 1 saturated heterocycles. The van der Waals surface area contributed by atoms with Gasteiger partial charge in [0.05, 0.1) is 5.84 Å². The Balaban J connectivity index is 2.26. The highest BCUT2D eigenvalue weighted by Gasteiger charge is 2.19. The number of nitrogens with zero attached hydrogens (tertiary/aromatic N) is 1.